The molecule has 6 heteroatoms. The zero-order valence-electron chi connectivity index (χ0n) is 9.11. The fourth-order valence-electron chi connectivity index (χ4n) is 1.71. The van der Waals surface area contributed by atoms with Crippen LogP contribution >= 0.6 is 0 Å². The first kappa shape index (κ1) is 11.3. The number of benzene rings is 1. The van der Waals surface area contributed by atoms with Gasteiger partial charge >= 0.3 is 0 Å². The molecule has 2 N–H and O–H groups in total. The van der Waals surface area contributed by atoms with Crippen LogP contribution in [0.25, 0.3) is 10.9 Å². The minimum atomic E-state index is -0.663. The average molecular weight is 235 g/mol. The van der Waals surface area contributed by atoms with E-state index in [1.165, 1.54) is 6.07 Å². The molecule has 0 saturated heterocycles. The highest BCUT2D eigenvalue weighted by molar-refractivity contribution is 5.89. The standard InChI is InChI=1S/C11H10FN3O2/c1-2-6-3-7-4-8(12)5-9(15(16)17)10(7)14-11(6)13/h3-5H,2H2,1H3,(H2,13,14). The van der Waals surface area contributed by atoms with Crippen LogP contribution < -0.4 is 5.73 Å². The third kappa shape index (κ3) is 1.89. The number of pyridine rings is 1. The summed E-state index contributed by atoms with van der Waals surface area (Å²) in [5.74, 6) is -0.410. The Bertz CT molecular complexity index is 613. The highest BCUT2D eigenvalue weighted by Crippen LogP contribution is 2.28. The van der Waals surface area contributed by atoms with Crippen molar-refractivity contribution in [2.24, 2.45) is 0 Å². The number of nitro benzene ring substituents is 1. The highest BCUT2D eigenvalue weighted by Gasteiger charge is 2.16. The molecule has 0 amide bonds. The molecule has 0 spiro atoms. The monoisotopic (exact) mass is 235 g/mol. The molecule has 0 bridgehead atoms. The second-order valence-corrected chi connectivity index (χ2v) is 3.64. The number of hydrogen-bond acceptors (Lipinski definition) is 4. The molecule has 1 aromatic heterocycles. The molecular formula is C11H10FN3O2. The summed E-state index contributed by atoms with van der Waals surface area (Å²) < 4.78 is 13.2. The molecule has 0 aliphatic rings. The molecule has 88 valence electrons. The van der Waals surface area contributed by atoms with E-state index < -0.39 is 10.7 Å². The number of aromatic nitrogens is 1. The lowest BCUT2D eigenvalue weighted by Gasteiger charge is -2.05. The molecule has 0 aliphatic heterocycles. The number of nitro groups is 1. The van der Waals surface area contributed by atoms with Crippen LogP contribution in [0.3, 0.4) is 0 Å². The third-order valence-electron chi connectivity index (χ3n) is 2.55. The lowest BCUT2D eigenvalue weighted by molar-refractivity contribution is -0.383. The number of aryl methyl sites for hydroxylation is 1. The molecule has 0 unspecified atom stereocenters. The molecular weight excluding hydrogens is 225 g/mol. The van der Waals surface area contributed by atoms with Crippen LogP contribution in [0, 0.1) is 15.9 Å². The van der Waals surface area contributed by atoms with Gasteiger partial charge in [0.05, 0.1) is 11.0 Å². The maximum atomic E-state index is 13.2. The predicted octanol–water partition coefficient (Wildman–Crippen LogP) is 2.43. The number of nitrogen functional groups attached to an aromatic ring is 1. The number of rotatable bonds is 2. The van der Waals surface area contributed by atoms with Gasteiger partial charge in [0, 0.05) is 5.39 Å². The fraction of sp³-hybridized carbons (Fsp3) is 0.182. The average Bonchev–Trinajstić information content (AvgIpc) is 2.27. The van der Waals surface area contributed by atoms with E-state index in [2.05, 4.69) is 4.98 Å². The maximum absolute atomic E-state index is 13.2. The van der Waals surface area contributed by atoms with Crippen molar-refractivity contribution in [3.63, 3.8) is 0 Å². The minimum absolute atomic E-state index is 0.117. The van der Waals surface area contributed by atoms with Gasteiger partial charge in [-0.2, -0.15) is 0 Å². The summed E-state index contributed by atoms with van der Waals surface area (Å²) in [6.45, 7) is 1.88. The number of nitrogens with zero attached hydrogens (tertiary/aromatic N) is 2. The van der Waals surface area contributed by atoms with Gasteiger partial charge in [-0.25, -0.2) is 9.37 Å². The van der Waals surface area contributed by atoms with Gasteiger partial charge in [0.25, 0.3) is 5.69 Å². The van der Waals surface area contributed by atoms with Crippen LogP contribution in [0.4, 0.5) is 15.9 Å². The van der Waals surface area contributed by atoms with Crippen LogP contribution in [-0.2, 0) is 6.42 Å². The van der Waals surface area contributed by atoms with E-state index in [4.69, 9.17) is 5.73 Å². The number of non-ortho nitro benzene ring substituents is 1. The number of hydrogen-bond donors (Lipinski definition) is 1. The maximum Gasteiger partial charge on any atom is 0.298 e. The van der Waals surface area contributed by atoms with Crippen molar-refractivity contribution in [2.45, 2.75) is 13.3 Å². The van der Waals surface area contributed by atoms with E-state index >= 15 is 0 Å². The first-order valence-corrected chi connectivity index (χ1v) is 5.06. The van der Waals surface area contributed by atoms with Gasteiger partial charge in [0.2, 0.25) is 0 Å². The van der Waals surface area contributed by atoms with Crippen molar-refractivity contribution in [2.75, 3.05) is 5.73 Å². The quantitative estimate of drug-likeness (QED) is 0.640. The van der Waals surface area contributed by atoms with Gasteiger partial charge < -0.3 is 5.73 Å². The van der Waals surface area contributed by atoms with Gasteiger partial charge in [-0.15, -0.1) is 0 Å². The van der Waals surface area contributed by atoms with Crippen LogP contribution in [-0.4, -0.2) is 9.91 Å². The second-order valence-electron chi connectivity index (χ2n) is 3.64. The van der Waals surface area contributed by atoms with Crippen LogP contribution in [0.1, 0.15) is 12.5 Å². The smallest absolute Gasteiger partial charge is 0.298 e. The highest BCUT2D eigenvalue weighted by atomic mass is 19.1. The van der Waals surface area contributed by atoms with E-state index in [1.54, 1.807) is 6.07 Å². The Morgan fingerprint density at radius 3 is 2.76 bits per heavy atom. The number of nitrogens with two attached hydrogens (primary N) is 1. The molecule has 0 radical (unpaired) electrons. The summed E-state index contributed by atoms with van der Waals surface area (Å²) in [5.41, 5.74) is 6.17. The summed E-state index contributed by atoms with van der Waals surface area (Å²) in [6, 6.07) is 3.70. The van der Waals surface area contributed by atoms with Gasteiger partial charge in [0.1, 0.15) is 11.6 Å². The fourth-order valence-corrected chi connectivity index (χ4v) is 1.71. The van der Waals surface area contributed by atoms with E-state index in [0.29, 0.717) is 11.8 Å². The minimum Gasteiger partial charge on any atom is -0.383 e. The number of halogens is 1. The van der Waals surface area contributed by atoms with Gasteiger partial charge in [0.15, 0.2) is 5.52 Å². The van der Waals surface area contributed by atoms with Crippen molar-refractivity contribution in [1.29, 1.82) is 0 Å². The van der Waals surface area contributed by atoms with E-state index in [9.17, 15) is 14.5 Å². The van der Waals surface area contributed by atoms with Crippen molar-refractivity contribution >= 4 is 22.4 Å². The number of anilines is 1. The second kappa shape index (κ2) is 3.97. The Kier molecular flexibility index (Phi) is 2.63. The van der Waals surface area contributed by atoms with E-state index in [1.807, 2.05) is 6.92 Å². The van der Waals surface area contributed by atoms with E-state index in [0.717, 1.165) is 11.6 Å². The predicted molar refractivity (Wildman–Crippen MR) is 62.1 cm³/mol. The summed E-state index contributed by atoms with van der Waals surface area (Å²) in [6.07, 6.45) is 0.638. The van der Waals surface area contributed by atoms with Crippen LogP contribution in [0.15, 0.2) is 18.2 Å². The molecule has 0 atom stereocenters. The van der Waals surface area contributed by atoms with Crippen molar-refractivity contribution in [1.82, 2.24) is 4.98 Å². The Balaban J connectivity index is 2.85. The summed E-state index contributed by atoms with van der Waals surface area (Å²) in [4.78, 5) is 14.1. The Hall–Kier alpha value is -2.24. The van der Waals surface area contributed by atoms with Gasteiger partial charge in [-0.3, -0.25) is 10.1 Å². The molecule has 0 fully saturated rings. The Morgan fingerprint density at radius 1 is 1.47 bits per heavy atom. The molecule has 17 heavy (non-hydrogen) atoms. The van der Waals surface area contributed by atoms with Crippen LogP contribution in [0.5, 0.6) is 0 Å². The first-order valence-electron chi connectivity index (χ1n) is 5.06. The van der Waals surface area contributed by atoms with Crippen molar-refractivity contribution in [3.8, 4) is 0 Å². The van der Waals surface area contributed by atoms with Gasteiger partial charge in [-0.1, -0.05) is 6.92 Å². The molecule has 2 rings (SSSR count). The normalized spacial score (nSPS) is 10.7. The topological polar surface area (TPSA) is 82.0 Å². The summed E-state index contributed by atoms with van der Waals surface area (Å²) in [5, 5.41) is 11.2. The van der Waals surface area contributed by atoms with E-state index in [-0.39, 0.29) is 17.0 Å². The SMILES string of the molecule is CCc1cc2cc(F)cc([N+](=O)[O-])c2nc1N. The third-order valence-corrected chi connectivity index (χ3v) is 2.55. The Labute approximate surface area is 96.2 Å². The molecule has 0 saturated carbocycles. The largest absolute Gasteiger partial charge is 0.383 e. The molecule has 5 nitrogen and oxygen atoms in total. The lowest BCUT2D eigenvalue weighted by atomic mass is 10.1. The van der Waals surface area contributed by atoms with Gasteiger partial charge in [-0.05, 0) is 24.1 Å². The molecule has 2 aromatic rings. The lowest BCUT2D eigenvalue weighted by Crippen LogP contribution is -2.00. The summed E-state index contributed by atoms with van der Waals surface area (Å²) in [7, 11) is 0. The summed E-state index contributed by atoms with van der Waals surface area (Å²) >= 11 is 0. The zero-order valence-corrected chi connectivity index (χ0v) is 9.11. The first-order chi connectivity index (χ1) is 8.02. The molecule has 0 aliphatic carbocycles. The van der Waals surface area contributed by atoms with Crippen molar-refractivity contribution in [3.05, 3.63) is 39.7 Å². The zero-order chi connectivity index (χ0) is 12.6. The van der Waals surface area contributed by atoms with Crippen LogP contribution in [0.2, 0.25) is 0 Å². The molecule has 1 heterocycles. The number of fused-ring (bicyclic) bond motifs is 1. The molecule has 1 aromatic carbocycles. The van der Waals surface area contributed by atoms with Crippen molar-refractivity contribution < 1.29 is 9.31 Å². The Morgan fingerprint density at radius 2 is 2.18 bits per heavy atom.